The Balaban J connectivity index is 2.13. The monoisotopic (exact) mass is 409 g/mol. The molecule has 0 atom stereocenters. The van der Waals surface area contributed by atoms with E-state index in [4.69, 9.17) is 11.6 Å². The van der Waals surface area contributed by atoms with Crippen LogP contribution in [0.1, 0.15) is 58.8 Å². The number of halogens is 1. The fourth-order valence-electron chi connectivity index (χ4n) is 2.78. The highest BCUT2D eigenvalue weighted by Gasteiger charge is 2.12. The first-order valence-electron chi connectivity index (χ1n) is 10.1. The van der Waals surface area contributed by atoms with Crippen molar-refractivity contribution < 1.29 is 14.4 Å². The third kappa shape index (κ3) is 10.3. The molecule has 0 aliphatic carbocycles. The molecule has 2 N–H and O–H groups in total. The van der Waals surface area contributed by atoms with Crippen molar-refractivity contribution in [1.29, 1.82) is 0 Å². The summed E-state index contributed by atoms with van der Waals surface area (Å²) in [6, 6.07) is 6.91. The number of hydrogen-bond donors (Lipinski definition) is 2. The van der Waals surface area contributed by atoms with Gasteiger partial charge in [-0.1, -0.05) is 25.4 Å². The average molecular weight is 410 g/mol. The number of amides is 3. The minimum atomic E-state index is -0.103. The summed E-state index contributed by atoms with van der Waals surface area (Å²) in [5.74, 6) is -0.0621. The van der Waals surface area contributed by atoms with Gasteiger partial charge in [-0.25, -0.2) is 0 Å². The summed E-state index contributed by atoms with van der Waals surface area (Å²) in [6.07, 6.45) is 4.04. The van der Waals surface area contributed by atoms with Gasteiger partial charge in [-0.05, 0) is 49.9 Å². The van der Waals surface area contributed by atoms with Gasteiger partial charge in [0.15, 0.2) is 0 Å². The first-order valence-corrected chi connectivity index (χ1v) is 10.4. The molecule has 0 bridgehead atoms. The van der Waals surface area contributed by atoms with Gasteiger partial charge in [0.25, 0.3) is 0 Å². The Morgan fingerprint density at radius 1 is 0.893 bits per heavy atom. The van der Waals surface area contributed by atoms with Crippen molar-refractivity contribution >= 4 is 35.0 Å². The van der Waals surface area contributed by atoms with Crippen LogP contribution >= 0.6 is 11.6 Å². The Labute approximate surface area is 173 Å². The normalized spacial score (nSPS) is 10.4. The number of carbonyl (C=O) groups excluding carboxylic acids is 3. The highest BCUT2D eigenvalue weighted by Crippen LogP contribution is 2.13. The predicted molar refractivity (Wildman–Crippen MR) is 113 cm³/mol. The van der Waals surface area contributed by atoms with E-state index in [9.17, 15) is 14.4 Å². The van der Waals surface area contributed by atoms with E-state index in [-0.39, 0.29) is 17.7 Å². The molecule has 0 unspecified atom stereocenters. The van der Waals surface area contributed by atoms with Gasteiger partial charge in [0.2, 0.25) is 17.7 Å². The van der Waals surface area contributed by atoms with Gasteiger partial charge in [-0.3, -0.25) is 14.4 Å². The van der Waals surface area contributed by atoms with Crippen molar-refractivity contribution in [3.05, 3.63) is 29.3 Å². The molecule has 0 heterocycles. The van der Waals surface area contributed by atoms with Crippen LogP contribution in [0.3, 0.4) is 0 Å². The second kappa shape index (κ2) is 14.0. The minimum Gasteiger partial charge on any atom is -0.356 e. The smallest absolute Gasteiger partial charge is 0.224 e. The van der Waals surface area contributed by atoms with Crippen LogP contribution in [0.5, 0.6) is 0 Å². The summed E-state index contributed by atoms with van der Waals surface area (Å²) in [5, 5.41) is 6.20. The number of nitrogens with zero attached hydrogens (tertiary/aromatic N) is 1. The van der Waals surface area contributed by atoms with Crippen molar-refractivity contribution in [2.45, 2.75) is 58.8 Å². The fourth-order valence-corrected chi connectivity index (χ4v) is 2.91. The zero-order valence-corrected chi connectivity index (χ0v) is 17.7. The van der Waals surface area contributed by atoms with E-state index in [1.807, 2.05) is 4.90 Å². The molecule has 156 valence electrons. The average Bonchev–Trinajstić information content (AvgIpc) is 2.67. The van der Waals surface area contributed by atoms with Crippen LogP contribution in [0, 0.1) is 0 Å². The fraction of sp³-hybridized carbons (Fsp3) is 0.571. The maximum Gasteiger partial charge on any atom is 0.224 e. The van der Waals surface area contributed by atoms with Crippen LogP contribution in [0.25, 0.3) is 0 Å². The van der Waals surface area contributed by atoms with E-state index in [1.165, 1.54) is 0 Å². The molecule has 0 aromatic heterocycles. The van der Waals surface area contributed by atoms with E-state index in [2.05, 4.69) is 24.5 Å². The number of benzene rings is 1. The summed E-state index contributed by atoms with van der Waals surface area (Å²) >= 11 is 5.80. The summed E-state index contributed by atoms with van der Waals surface area (Å²) in [6.45, 7) is 6.10. The minimum absolute atomic E-state index is 0.0801. The number of carbonyl (C=O) groups is 3. The molecular weight excluding hydrogens is 378 g/mol. The van der Waals surface area contributed by atoms with E-state index < -0.39 is 0 Å². The van der Waals surface area contributed by atoms with Crippen molar-refractivity contribution in [2.75, 3.05) is 25.0 Å². The molecular formula is C21H32ClN3O3. The molecule has 0 aliphatic rings. The van der Waals surface area contributed by atoms with Crippen LogP contribution < -0.4 is 10.6 Å². The van der Waals surface area contributed by atoms with Gasteiger partial charge < -0.3 is 15.5 Å². The lowest BCUT2D eigenvalue weighted by atomic mass is 10.2. The van der Waals surface area contributed by atoms with Gasteiger partial charge in [-0.2, -0.15) is 0 Å². The van der Waals surface area contributed by atoms with Gasteiger partial charge in [-0.15, -0.1) is 0 Å². The standard InChI is InChI=1S/C21H32ClN3O3/c1-3-15-25(16-4-2)21(28)9-5-7-19(26)23-14-6-8-20(27)24-18-12-10-17(22)11-13-18/h10-13H,3-9,14-16H2,1-2H3,(H,23,26)(H,24,27). The quantitative estimate of drug-likeness (QED) is 0.483. The van der Waals surface area contributed by atoms with Crippen molar-refractivity contribution in [1.82, 2.24) is 10.2 Å². The third-order valence-corrected chi connectivity index (χ3v) is 4.42. The lowest BCUT2D eigenvalue weighted by Crippen LogP contribution is -2.32. The van der Waals surface area contributed by atoms with Gasteiger partial charge in [0.1, 0.15) is 0 Å². The Kier molecular flexibility index (Phi) is 12.0. The van der Waals surface area contributed by atoms with Crippen LogP contribution in [-0.2, 0) is 14.4 Å². The Morgan fingerprint density at radius 2 is 1.50 bits per heavy atom. The zero-order chi connectivity index (χ0) is 20.8. The molecule has 1 aromatic carbocycles. The van der Waals surface area contributed by atoms with Crippen molar-refractivity contribution in [2.24, 2.45) is 0 Å². The summed E-state index contributed by atoms with van der Waals surface area (Å²) < 4.78 is 0. The molecule has 0 saturated carbocycles. The molecule has 7 heteroatoms. The maximum atomic E-state index is 12.2. The van der Waals surface area contributed by atoms with E-state index in [0.717, 1.165) is 25.9 Å². The summed E-state index contributed by atoms with van der Waals surface area (Å²) in [4.78, 5) is 37.7. The molecule has 1 aromatic rings. The lowest BCUT2D eigenvalue weighted by molar-refractivity contribution is -0.131. The van der Waals surface area contributed by atoms with Gasteiger partial charge >= 0.3 is 0 Å². The van der Waals surface area contributed by atoms with E-state index in [0.29, 0.717) is 49.4 Å². The summed E-state index contributed by atoms with van der Waals surface area (Å²) in [5.41, 5.74) is 0.697. The van der Waals surface area contributed by atoms with Crippen LogP contribution in [0.2, 0.25) is 5.02 Å². The highest BCUT2D eigenvalue weighted by atomic mass is 35.5. The highest BCUT2D eigenvalue weighted by molar-refractivity contribution is 6.30. The number of hydrogen-bond acceptors (Lipinski definition) is 3. The first kappa shape index (κ1) is 24.0. The molecule has 0 saturated heterocycles. The van der Waals surface area contributed by atoms with E-state index >= 15 is 0 Å². The van der Waals surface area contributed by atoms with Gasteiger partial charge in [0.05, 0.1) is 0 Å². The molecule has 0 spiro atoms. The molecule has 28 heavy (non-hydrogen) atoms. The number of rotatable bonds is 13. The topological polar surface area (TPSA) is 78.5 Å². The molecule has 1 rings (SSSR count). The maximum absolute atomic E-state index is 12.2. The Hall–Kier alpha value is -2.08. The third-order valence-electron chi connectivity index (χ3n) is 4.16. The van der Waals surface area contributed by atoms with Gasteiger partial charge in [0, 0.05) is 49.6 Å². The van der Waals surface area contributed by atoms with Crippen LogP contribution in [0.15, 0.2) is 24.3 Å². The Bertz CT molecular complexity index is 614. The van der Waals surface area contributed by atoms with Crippen LogP contribution in [0.4, 0.5) is 5.69 Å². The summed E-state index contributed by atoms with van der Waals surface area (Å²) in [7, 11) is 0. The lowest BCUT2D eigenvalue weighted by Gasteiger charge is -2.21. The molecule has 3 amide bonds. The Morgan fingerprint density at radius 3 is 2.11 bits per heavy atom. The molecule has 0 radical (unpaired) electrons. The first-order chi connectivity index (χ1) is 13.5. The SMILES string of the molecule is CCCN(CCC)C(=O)CCCC(=O)NCCCC(=O)Nc1ccc(Cl)cc1. The largest absolute Gasteiger partial charge is 0.356 e. The molecule has 0 fully saturated rings. The van der Waals surface area contributed by atoms with E-state index in [1.54, 1.807) is 24.3 Å². The second-order valence-corrected chi connectivity index (χ2v) is 7.18. The number of anilines is 1. The molecule has 6 nitrogen and oxygen atoms in total. The zero-order valence-electron chi connectivity index (χ0n) is 16.9. The van der Waals surface area contributed by atoms with Crippen molar-refractivity contribution in [3.8, 4) is 0 Å². The predicted octanol–water partition coefficient (Wildman–Crippen LogP) is 3.99. The molecule has 0 aliphatic heterocycles. The van der Waals surface area contributed by atoms with Crippen LogP contribution in [-0.4, -0.2) is 42.3 Å². The number of nitrogens with one attached hydrogen (secondary N) is 2. The second-order valence-electron chi connectivity index (χ2n) is 6.74. The van der Waals surface area contributed by atoms with Crippen molar-refractivity contribution in [3.63, 3.8) is 0 Å².